The zero-order valence-corrected chi connectivity index (χ0v) is 11.0. The lowest BCUT2D eigenvalue weighted by molar-refractivity contribution is 0.246. The molecule has 0 aliphatic carbocycles. The SMILES string of the molecule is CCN(CCn1cc(N)ccc1=O)CC(C)C. The molecule has 0 fully saturated rings. The fraction of sp³-hybridized carbons (Fsp3) is 0.615. The monoisotopic (exact) mass is 237 g/mol. The molecule has 0 spiro atoms. The number of rotatable bonds is 6. The van der Waals surface area contributed by atoms with Gasteiger partial charge in [-0.25, -0.2) is 0 Å². The van der Waals surface area contributed by atoms with E-state index in [9.17, 15) is 4.79 Å². The van der Waals surface area contributed by atoms with Gasteiger partial charge >= 0.3 is 0 Å². The Morgan fingerprint density at radius 2 is 2.12 bits per heavy atom. The second kappa shape index (κ2) is 6.45. The highest BCUT2D eigenvalue weighted by atomic mass is 16.1. The van der Waals surface area contributed by atoms with Crippen molar-refractivity contribution < 1.29 is 0 Å². The fourth-order valence-corrected chi connectivity index (χ4v) is 1.87. The van der Waals surface area contributed by atoms with Crippen LogP contribution >= 0.6 is 0 Å². The minimum atomic E-state index is 0.0137. The third-order valence-electron chi connectivity index (χ3n) is 2.73. The number of likely N-dealkylation sites (N-methyl/N-ethyl adjacent to an activating group) is 1. The highest BCUT2D eigenvalue weighted by molar-refractivity contribution is 5.33. The minimum Gasteiger partial charge on any atom is -0.398 e. The van der Waals surface area contributed by atoms with Crippen molar-refractivity contribution in [2.24, 2.45) is 5.92 Å². The molecule has 0 bridgehead atoms. The Morgan fingerprint density at radius 1 is 1.41 bits per heavy atom. The van der Waals surface area contributed by atoms with Crippen LogP contribution in [-0.4, -0.2) is 29.1 Å². The van der Waals surface area contributed by atoms with E-state index in [1.807, 2.05) is 0 Å². The van der Waals surface area contributed by atoms with Crippen LogP contribution in [0, 0.1) is 5.92 Å². The summed E-state index contributed by atoms with van der Waals surface area (Å²) in [6, 6.07) is 3.17. The summed E-state index contributed by atoms with van der Waals surface area (Å²) >= 11 is 0. The van der Waals surface area contributed by atoms with Crippen LogP contribution in [0.1, 0.15) is 20.8 Å². The first-order chi connectivity index (χ1) is 8.02. The lowest BCUT2D eigenvalue weighted by Gasteiger charge is -2.22. The molecule has 2 N–H and O–H groups in total. The number of nitrogens with two attached hydrogens (primary N) is 1. The summed E-state index contributed by atoms with van der Waals surface area (Å²) in [5.41, 5.74) is 6.32. The van der Waals surface area contributed by atoms with E-state index in [1.54, 1.807) is 16.8 Å². The van der Waals surface area contributed by atoms with E-state index in [-0.39, 0.29) is 5.56 Å². The molecule has 1 rings (SSSR count). The molecule has 0 atom stereocenters. The molecule has 0 aliphatic rings. The molecule has 0 saturated heterocycles. The number of hydrogen-bond donors (Lipinski definition) is 1. The molecule has 4 nitrogen and oxygen atoms in total. The second-order valence-electron chi connectivity index (χ2n) is 4.78. The van der Waals surface area contributed by atoms with Gasteiger partial charge in [0.25, 0.3) is 5.56 Å². The molecule has 4 heteroatoms. The summed E-state index contributed by atoms with van der Waals surface area (Å²) in [6.07, 6.45) is 1.71. The fourth-order valence-electron chi connectivity index (χ4n) is 1.87. The molecule has 0 aromatic carbocycles. The van der Waals surface area contributed by atoms with Gasteiger partial charge in [0.1, 0.15) is 0 Å². The highest BCUT2D eigenvalue weighted by Gasteiger charge is 2.05. The van der Waals surface area contributed by atoms with Gasteiger partial charge in [-0.2, -0.15) is 0 Å². The number of nitrogens with zero attached hydrogens (tertiary/aromatic N) is 2. The maximum Gasteiger partial charge on any atom is 0.250 e. The molecule has 0 saturated carbocycles. The Kier molecular flexibility index (Phi) is 5.22. The number of hydrogen-bond acceptors (Lipinski definition) is 3. The van der Waals surface area contributed by atoms with Crippen molar-refractivity contribution in [1.82, 2.24) is 9.47 Å². The molecule has 17 heavy (non-hydrogen) atoms. The second-order valence-corrected chi connectivity index (χ2v) is 4.78. The average Bonchev–Trinajstić information content (AvgIpc) is 2.28. The van der Waals surface area contributed by atoms with Crippen molar-refractivity contribution in [3.05, 3.63) is 28.7 Å². The minimum absolute atomic E-state index is 0.0137. The number of nitrogen functional groups attached to an aromatic ring is 1. The van der Waals surface area contributed by atoms with Gasteiger partial charge in [0.2, 0.25) is 0 Å². The first-order valence-electron chi connectivity index (χ1n) is 6.21. The van der Waals surface area contributed by atoms with Crippen molar-refractivity contribution >= 4 is 5.69 Å². The molecule has 0 unspecified atom stereocenters. The Morgan fingerprint density at radius 3 is 2.71 bits per heavy atom. The van der Waals surface area contributed by atoms with Crippen LogP contribution in [0.5, 0.6) is 0 Å². The topological polar surface area (TPSA) is 51.3 Å². The van der Waals surface area contributed by atoms with E-state index in [0.717, 1.165) is 19.6 Å². The molecule has 1 aromatic rings. The summed E-state index contributed by atoms with van der Waals surface area (Å²) in [5, 5.41) is 0. The van der Waals surface area contributed by atoms with Crippen molar-refractivity contribution in [2.45, 2.75) is 27.3 Å². The number of aromatic nitrogens is 1. The van der Waals surface area contributed by atoms with Crippen molar-refractivity contribution in [2.75, 3.05) is 25.4 Å². The van der Waals surface area contributed by atoms with E-state index < -0.39 is 0 Å². The smallest absolute Gasteiger partial charge is 0.250 e. The lowest BCUT2D eigenvalue weighted by atomic mass is 10.2. The summed E-state index contributed by atoms with van der Waals surface area (Å²) in [7, 11) is 0. The number of anilines is 1. The van der Waals surface area contributed by atoms with Crippen molar-refractivity contribution in [1.29, 1.82) is 0 Å². The Bertz CT molecular complexity index is 398. The first-order valence-corrected chi connectivity index (χ1v) is 6.21. The summed E-state index contributed by atoms with van der Waals surface area (Å²) in [5.74, 6) is 0.646. The predicted molar refractivity (Wildman–Crippen MR) is 72.1 cm³/mol. The zero-order valence-electron chi connectivity index (χ0n) is 11.0. The summed E-state index contributed by atoms with van der Waals surface area (Å²) < 4.78 is 1.68. The van der Waals surface area contributed by atoms with Gasteiger partial charge < -0.3 is 15.2 Å². The molecule has 1 aromatic heterocycles. The zero-order chi connectivity index (χ0) is 12.8. The van der Waals surface area contributed by atoms with E-state index >= 15 is 0 Å². The van der Waals surface area contributed by atoms with Crippen molar-refractivity contribution in [3.63, 3.8) is 0 Å². The van der Waals surface area contributed by atoms with Crippen LogP contribution in [-0.2, 0) is 6.54 Å². The predicted octanol–water partition coefficient (Wildman–Crippen LogP) is 1.41. The lowest BCUT2D eigenvalue weighted by Crippen LogP contribution is -2.33. The summed E-state index contributed by atoms with van der Waals surface area (Å²) in [6.45, 7) is 10.2. The maximum absolute atomic E-state index is 11.6. The third-order valence-corrected chi connectivity index (χ3v) is 2.73. The first kappa shape index (κ1) is 13.8. The van der Waals surface area contributed by atoms with Gasteiger partial charge in [0.05, 0.1) is 0 Å². The molecule has 0 aliphatic heterocycles. The molecule has 1 heterocycles. The molecule has 0 radical (unpaired) electrons. The van der Waals surface area contributed by atoms with Crippen LogP contribution in [0.25, 0.3) is 0 Å². The normalized spacial score (nSPS) is 11.4. The van der Waals surface area contributed by atoms with Crippen LogP contribution in [0.3, 0.4) is 0 Å². The highest BCUT2D eigenvalue weighted by Crippen LogP contribution is 2.00. The maximum atomic E-state index is 11.6. The van der Waals surface area contributed by atoms with Gasteiger partial charge in [0.15, 0.2) is 0 Å². The largest absolute Gasteiger partial charge is 0.398 e. The van der Waals surface area contributed by atoms with Crippen LogP contribution < -0.4 is 11.3 Å². The third kappa shape index (κ3) is 4.61. The molecular weight excluding hydrogens is 214 g/mol. The summed E-state index contributed by atoms with van der Waals surface area (Å²) in [4.78, 5) is 13.9. The quantitative estimate of drug-likeness (QED) is 0.814. The van der Waals surface area contributed by atoms with Gasteiger partial charge in [0, 0.05) is 37.6 Å². The van der Waals surface area contributed by atoms with E-state index in [2.05, 4.69) is 25.7 Å². The van der Waals surface area contributed by atoms with Gasteiger partial charge in [-0.05, 0) is 18.5 Å². The molecule has 96 valence electrons. The molecule has 0 amide bonds. The van der Waals surface area contributed by atoms with Gasteiger partial charge in [-0.15, -0.1) is 0 Å². The standard InChI is InChI=1S/C13H23N3O/c1-4-15(9-11(2)3)7-8-16-10-12(14)5-6-13(16)17/h5-6,10-11H,4,7-9,14H2,1-3H3. The van der Waals surface area contributed by atoms with E-state index in [1.165, 1.54) is 6.07 Å². The number of pyridine rings is 1. The van der Waals surface area contributed by atoms with Crippen molar-refractivity contribution in [3.8, 4) is 0 Å². The van der Waals surface area contributed by atoms with Gasteiger partial charge in [-0.1, -0.05) is 20.8 Å². The van der Waals surface area contributed by atoms with E-state index in [4.69, 9.17) is 5.73 Å². The Balaban J connectivity index is 2.59. The Labute approximate surface area is 103 Å². The molecular formula is C13H23N3O. The van der Waals surface area contributed by atoms with E-state index in [0.29, 0.717) is 18.2 Å². The van der Waals surface area contributed by atoms with Crippen LogP contribution in [0.2, 0.25) is 0 Å². The Hall–Kier alpha value is -1.29. The van der Waals surface area contributed by atoms with Crippen LogP contribution in [0.15, 0.2) is 23.1 Å². The average molecular weight is 237 g/mol. The van der Waals surface area contributed by atoms with Crippen LogP contribution in [0.4, 0.5) is 5.69 Å². The van der Waals surface area contributed by atoms with Gasteiger partial charge in [-0.3, -0.25) is 4.79 Å².